The number of benzene rings is 2. The molecule has 0 N–H and O–H groups in total. The van der Waals surface area contributed by atoms with Crippen LogP contribution in [-0.2, 0) is 10.0 Å². The van der Waals surface area contributed by atoms with E-state index in [2.05, 4.69) is 30.3 Å². The molecule has 142 valence electrons. The van der Waals surface area contributed by atoms with Crippen molar-refractivity contribution in [1.82, 2.24) is 4.31 Å². The van der Waals surface area contributed by atoms with E-state index < -0.39 is 10.0 Å². The molecule has 0 radical (unpaired) electrons. The van der Waals surface area contributed by atoms with Crippen LogP contribution < -0.4 is 0 Å². The Morgan fingerprint density at radius 1 is 0.963 bits per heavy atom. The summed E-state index contributed by atoms with van der Waals surface area (Å²) in [4.78, 5) is 0.479. The summed E-state index contributed by atoms with van der Waals surface area (Å²) >= 11 is 0. The van der Waals surface area contributed by atoms with Crippen molar-refractivity contribution in [3.8, 4) is 0 Å². The summed E-state index contributed by atoms with van der Waals surface area (Å²) in [6, 6.07) is 14.3. The molecule has 3 nitrogen and oxygen atoms in total. The van der Waals surface area contributed by atoms with E-state index in [4.69, 9.17) is 0 Å². The monoisotopic (exact) mass is 381 g/mol. The first kappa shape index (κ1) is 18.5. The van der Waals surface area contributed by atoms with Crippen molar-refractivity contribution in [2.24, 2.45) is 5.92 Å². The second-order valence-corrected chi connectivity index (χ2v) is 9.94. The molecule has 0 spiro atoms. The molecular weight excluding hydrogens is 354 g/mol. The Hall–Kier alpha value is -1.91. The predicted molar refractivity (Wildman–Crippen MR) is 109 cm³/mol. The summed E-state index contributed by atoms with van der Waals surface area (Å²) in [5.41, 5.74) is 5.50. The van der Waals surface area contributed by atoms with Crippen molar-refractivity contribution < 1.29 is 8.42 Å². The lowest BCUT2D eigenvalue weighted by atomic mass is 9.64. The zero-order valence-corrected chi connectivity index (χ0v) is 17.3. The second kappa shape index (κ2) is 6.61. The molecule has 0 unspecified atom stereocenters. The first-order valence-corrected chi connectivity index (χ1v) is 11.1. The molecule has 0 bridgehead atoms. The molecule has 0 aromatic heterocycles. The van der Waals surface area contributed by atoms with Crippen LogP contribution >= 0.6 is 0 Å². The Morgan fingerprint density at radius 2 is 1.59 bits per heavy atom. The van der Waals surface area contributed by atoms with E-state index in [-0.39, 0.29) is 6.04 Å². The van der Waals surface area contributed by atoms with E-state index in [0.29, 0.717) is 23.3 Å². The normalized spacial score (nSPS) is 25.5. The van der Waals surface area contributed by atoms with Crippen molar-refractivity contribution in [2.75, 3.05) is 6.54 Å². The summed E-state index contributed by atoms with van der Waals surface area (Å²) in [5.74, 6) is 0.715. The van der Waals surface area contributed by atoms with Crippen LogP contribution in [0.3, 0.4) is 0 Å². The largest absolute Gasteiger partial charge is 0.244 e. The molecule has 2 aromatic carbocycles. The minimum absolute atomic E-state index is 0.0990. The molecule has 4 heteroatoms. The Kier molecular flexibility index (Phi) is 4.52. The molecule has 1 aliphatic heterocycles. The van der Waals surface area contributed by atoms with Crippen molar-refractivity contribution >= 4 is 10.0 Å². The van der Waals surface area contributed by atoms with E-state index in [9.17, 15) is 8.42 Å². The van der Waals surface area contributed by atoms with Crippen LogP contribution in [0.5, 0.6) is 0 Å². The zero-order valence-electron chi connectivity index (χ0n) is 16.4. The van der Waals surface area contributed by atoms with Crippen LogP contribution in [0.2, 0.25) is 0 Å². The van der Waals surface area contributed by atoms with Gasteiger partial charge in [-0.25, -0.2) is 8.42 Å². The van der Waals surface area contributed by atoms with Gasteiger partial charge in [-0.15, -0.1) is 0 Å². The molecule has 0 amide bonds. The van der Waals surface area contributed by atoms with Crippen molar-refractivity contribution in [3.63, 3.8) is 0 Å². The summed E-state index contributed by atoms with van der Waals surface area (Å²) in [6.45, 7) is 8.38. The lowest BCUT2D eigenvalue weighted by molar-refractivity contribution is 0.237. The number of nitrogens with zero attached hydrogens (tertiary/aromatic N) is 1. The van der Waals surface area contributed by atoms with Gasteiger partial charge in [-0.2, -0.15) is 4.31 Å². The van der Waals surface area contributed by atoms with Crippen molar-refractivity contribution in [1.29, 1.82) is 0 Å². The fourth-order valence-corrected chi connectivity index (χ4v) is 6.91. The number of rotatable bonds is 3. The van der Waals surface area contributed by atoms with Crippen LogP contribution in [0.1, 0.15) is 41.5 Å². The van der Waals surface area contributed by atoms with E-state index in [1.807, 2.05) is 45.9 Å². The molecule has 1 aliphatic carbocycles. The molecule has 2 aromatic rings. The van der Waals surface area contributed by atoms with Crippen LogP contribution in [0.15, 0.2) is 59.0 Å². The van der Waals surface area contributed by atoms with Gasteiger partial charge in [0.15, 0.2) is 0 Å². The standard InChI is InChI=1S/C23H27NO2S/c1-15-10-16(2)23(17(3)11-15)27(25,26)24-14-22-20(12-18(24)4)13-21(22)19-8-6-5-7-9-19/h5-12,18,21-22H,13-14H2,1-4H3/t18-,21+,22-/m0/s1. The Balaban J connectivity index is 1.69. The molecular formula is C23H27NO2S. The van der Waals surface area contributed by atoms with Gasteiger partial charge in [-0.1, -0.05) is 59.7 Å². The average Bonchev–Trinajstić information content (AvgIpc) is 2.57. The maximum Gasteiger partial charge on any atom is 0.244 e. The topological polar surface area (TPSA) is 37.4 Å². The summed E-state index contributed by atoms with van der Waals surface area (Å²) in [7, 11) is -3.53. The third-order valence-corrected chi connectivity index (χ3v) is 8.36. The van der Waals surface area contributed by atoms with Gasteiger partial charge in [0.05, 0.1) is 4.90 Å². The highest BCUT2D eigenvalue weighted by atomic mass is 32.2. The van der Waals surface area contributed by atoms with E-state index in [0.717, 1.165) is 23.1 Å². The number of aryl methyl sites for hydroxylation is 3. The van der Waals surface area contributed by atoms with Crippen molar-refractivity contribution in [3.05, 3.63) is 76.4 Å². The molecule has 4 rings (SSSR count). The molecule has 1 heterocycles. The molecule has 1 fully saturated rings. The van der Waals surface area contributed by atoms with Crippen LogP contribution in [0.4, 0.5) is 0 Å². The molecule has 2 aliphatic rings. The average molecular weight is 382 g/mol. The summed E-state index contributed by atoms with van der Waals surface area (Å²) < 4.78 is 28.8. The number of fused-ring (bicyclic) bond motifs is 1. The summed E-state index contributed by atoms with van der Waals surface area (Å²) in [5, 5.41) is 0. The van der Waals surface area contributed by atoms with Gasteiger partial charge in [0.1, 0.15) is 0 Å². The fraction of sp³-hybridized carbons (Fsp3) is 0.391. The number of hydrogen-bond donors (Lipinski definition) is 0. The first-order chi connectivity index (χ1) is 12.8. The van der Waals surface area contributed by atoms with Gasteiger partial charge in [0.25, 0.3) is 0 Å². The number of hydrogen-bond acceptors (Lipinski definition) is 2. The summed E-state index contributed by atoms with van der Waals surface area (Å²) in [6.07, 6.45) is 3.22. The Labute approximate surface area is 162 Å². The Morgan fingerprint density at radius 3 is 2.22 bits per heavy atom. The van der Waals surface area contributed by atoms with Crippen LogP contribution in [0, 0.1) is 26.7 Å². The van der Waals surface area contributed by atoms with E-state index in [1.54, 1.807) is 4.31 Å². The third kappa shape index (κ3) is 3.05. The van der Waals surface area contributed by atoms with Gasteiger partial charge in [-0.05, 0) is 56.7 Å². The Bertz CT molecular complexity index is 985. The van der Waals surface area contributed by atoms with E-state index >= 15 is 0 Å². The highest BCUT2D eigenvalue weighted by molar-refractivity contribution is 7.89. The lowest BCUT2D eigenvalue weighted by Crippen LogP contribution is -2.49. The number of sulfonamides is 1. The maximum atomic E-state index is 13.6. The van der Waals surface area contributed by atoms with Crippen LogP contribution in [-0.4, -0.2) is 25.3 Å². The van der Waals surface area contributed by atoms with Gasteiger partial charge < -0.3 is 0 Å². The fourth-order valence-electron chi connectivity index (χ4n) is 4.89. The zero-order chi connectivity index (χ0) is 19.3. The van der Waals surface area contributed by atoms with E-state index in [1.165, 1.54) is 11.1 Å². The minimum atomic E-state index is -3.53. The van der Waals surface area contributed by atoms with Gasteiger partial charge in [0, 0.05) is 18.5 Å². The highest BCUT2D eigenvalue weighted by Crippen LogP contribution is 2.50. The molecule has 0 saturated heterocycles. The molecule has 3 atom stereocenters. The van der Waals surface area contributed by atoms with Gasteiger partial charge >= 0.3 is 0 Å². The van der Waals surface area contributed by atoms with Gasteiger partial charge in [-0.3, -0.25) is 0 Å². The SMILES string of the molecule is Cc1cc(C)c(S(=O)(=O)N2C[C@H]3C(=C[C@@H]2C)C[C@@H]3c2ccccc2)c(C)c1. The minimum Gasteiger partial charge on any atom is -0.207 e. The quantitative estimate of drug-likeness (QED) is 0.721. The predicted octanol–water partition coefficient (Wildman–Crippen LogP) is 4.73. The maximum absolute atomic E-state index is 13.6. The third-order valence-electron chi connectivity index (χ3n) is 6.10. The van der Waals surface area contributed by atoms with Crippen LogP contribution in [0.25, 0.3) is 0 Å². The smallest absolute Gasteiger partial charge is 0.207 e. The molecule has 1 saturated carbocycles. The van der Waals surface area contributed by atoms with Gasteiger partial charge in [0.2, 0.25) is 10.0 Å². The highest BCUT2D eigenvalue weighted by Gasteiger charge is 2.45. The second-order valence-electron chi connectivity index (χ2n) is 8.11. The first-order valence-electron chi connectivity index (χ1n) is 9.64. The lowest BCUT2D eigenvalue weighted by Gasteiger charge is -2.47. The molecule has 27 heavy (non-hydrogen) atoms. The van der Waals surface area contributed by atoms with Crippen molar-refractivity contribution in [2.45, 2.75) is 51.0 Å².